The van der Waals surface area contributed by atoms with Crippen LogP contribution in [0.2, 0.25) is 0 Å². The molecule has 0 aliphatic rings. The Balaban J connectivity index is 1.92. The highest BCUT2D eigenvalue weighted by atomic mass is 32.2. The number of rotatable bonds is 6. The van der Waals surface area contributed by atoms with Gasteiger partial charge in [-0.05, 0) is 24.3 Å². The first-order valence-corrected chi connectivity index (χ1v) is 7.51. The fourth-order valence-corrected chi connectivity index (χ4v) is 3.02. The quantitative estimate of drug-likeness (QED) is 0.504. The van der Waals surface area contributed by atoms with Crippen molar-refractivity contribution < 1.29 is 13.9 Å². The number of halogens is 1. The Labute approximate surface area is 123 Å². The van der Waals surface area contributed by atoms with Gasteiger partial charge in [0.05, 0.1) is 6.61 Å². The van der Waals surface area contributed by atoms with Crippen molar-refractivity contribution in [2.24, 2.45) is 0 Å². The minimum Gasteiger partial charge on any atom is -0.384 e. The van der Waals surface area contributed by atoms with Crippen molar-refractivity contribution >= 4 is 34.1 Å². The summed E-state index contributed by atoms with van der Waals surface area (Å²) in [5, 5.41) is 10.9. The van der Waals surface area contributed by atoms with Crippen molar-refractivity contribution in [3.05, 3.63) is 35.6 Å². The largest absolute Gasteiger partial charge is 0.384 e. The molecule has 8 heteroatoms. The van der Waals surface area contributed by atoms with Crippen LogP contribution in [-0.2, 0) is 4.74 Å². The second-order valence-electron chi connectivity index (χ2n) is 3.68. The van der Waals surface area contributed by atoms with Crippen LogP contribution in [0.25, 0.3) is 0 Å². The van der Waals surface area contributed by atoms with E-state index >= 15 is 0 Å². The predicted octanol–water partition coefficient (Wildman–Crippen LogP) is 2.67. The Morgan fingerprint density at radius 1 is 1.40 bits per heavy atom. The molecule has 0 aliphatic carbocycles. The van der Waals surface area contributed by atoms with Crippen LogP contribution in [0, 0.1) is 5.82 Å². The third kappa shape index (κ3) is 4.26. The zero-order valence-corrected chi connectivity index (χ0v) is 12.3. The van der Waals surface area contributed by atoms with Crippen molar-refractivity contribution in [2.75, 3.05) is 24.8 Å². The van der Waals surface area contributed by atoms with E-state index in [1.165, 1.54) is 47.4 Å². The van der Waals surface area contributed by atoms with E-state index in [0.29, 0.717) is 17.3 Å². The fraction of sp³-hybridized carbons (Fsp3) is 0.250. The average Bonchev–Trinajstić information content (AvgIpc) is 2.87. The van der Waals surface area contributed by atoms with E-state index in [-0.39, 0.29) is 11.7 Å². The van der Waals surface area contributed by atoms with Crippen molar-refractivity contribution in [1.29, 1.82) is 0 Å². The number of hydrogen-bond donors (Lipinski definition) is 1. The monoisotopic (exact) mass is 313 g/mol. The lowest BCUT2D eigenvalue weighted by atomic mass is 10.2. The number of carbonyl (C=O) groups is 1. The van der Waals surface area contributed by atoms with E-state index in [2.05, 4.69) is 15.5 Å². The maximum absolute atomic E-state index is 12.8. The van der Waals surface area contributed by atoms with E-state index in [9.17, 15) is 9.18 Å². The Kier molecular flexibility index (Phi) is 5.45. The topological polar surface area (TPSA) is 64.1 Å². The zero-order valence-electron chi connectivity index (χ0n) is 10.6. The van der Waals surface area contributed by atoms with Crippen LogP contribution in [0.4, 0.5) is 9.52 Å². The van der Waals surface area contributed by atoms with Crippen LogP contribution in [0.1, 0.15) is 10.4 Å². The number of aromatic nitrogens is 2. The highest BCUT2D eigenvalue weighted by Gasteiger charge is 2.10. The molecular formula is C12H12FN3O2S2. The molecule has 0 saturated carbocycles. The number of amides is 1. The van der Waals surface area contributed by atoms with Gasteiger partial charge in [-0.1, -0.05) is 23.1 Å². The molecule has 0 saturated heterocycles. The Morgan fingerprint density at radius 2 is 2.15 bits per heavy atom. The number of benzene rings is 1. The van der Waals surface area contributed by atoms with Gasteiger partial charge in [-0.15, -0.1) is 10.2 Å². The average molecular weight is 313 g/mol. The van der Waals surface area contributed by atoms with Gasteiger partial charge in [0.25, 0.3) is 5.91 Å². The maximum Gasteiger partial charge on any atom is 0.257 e. The molecule has 0 unspecified atom stereocenters. The van der Waals surface area contributed by atoms with Crippen LogP contribution >= 0.6 is 23.1 Å². The molecule has 0 fully saturated rings. The van der Waals surface area contributed by atoms with Gasteiger partial charge in [0.2, 0.25) is 5.13 Å². The smallest absolute Gasteiger partial charge is 0.257 e. The molecule has 1 aromatic heterocycles. The van der Waals surface area contributed by atoms with Crippen molar-refractivity contribution in [3.8, 4) is 0 Å². The molecule has 0 spiro atoms. The molecule has 5 nitrogen and oxygen atoms in total. The van der Waals surface area contributed by atoms with Crippen LogP contribution in [0.3, 0.4) is 0 Å². The molecule has 0 bridgehead atoms. The Hall–Kier alpha value is -1.51. The highest BCUT2D eigenvalue weighted by molar-refractivity contribution is 8.01. The van der Waals surface area contributed by atoms with Crippen LogP contribution in [0.5, 0.6) is 0 Å². The number of hydrogen-bond acceptors (Lipinski definition) is 6. The Bertz CT molecular complexity index is 574. The third-order valence-corrected chi connectivity index (χ3v) is 4.18. The van der Waals surface area contributed by atoms with Gasteiger partial charge < -0.3 is 4.74 Å². The van der Waals surface area contributed by atoms with Crippen molar-refractivity contribution in [2.45, 2.75) is 4.34 Å². The summed E-state index contributed by atoms with van der Waals surface area (Å²) < 4.78 is 18.5. The number of carbonyl (C=O) groups excluding carboxylic acids is 1. The molecule has 2 rings (SSSR count). The summed E-state index contributed by atoms with van der Waals surface area (Å²) in [6.07, 6.45) is 0. The summed E-state index contributed by atoms with van der Waals surface area (Å²) in [6.45, 7) is 0.627. The lowest BCUT2D eigenvalue weighted by molar-refractivity contribution is 0.102. The van der Waals surface area contributed by atoms with E-state index in [1.807, 2.05) is 0 Å². The predicted molar refractivity (Wildman–Crippen MR) is 76.9 cm³/mol. The van der Waals surface area contributed by atoms with Crippen molar-refractivity contribution in [1.82, 2.24) is 10.2 Å². The number of methoxy groups -OCH3 is 1. The molecule has 20 heavy (non-hydrogen) atoms. The first kappa shape index (κ1) is 14.9. The summed E-state index contributed by atoms with van der Waals surface area (Å²) in [5.74, 6) is 0.0562. The summed E-state index contributed by atoms with van der Waals surface area (Å²) in [5.41, 5.74) is 0.371. The molecule has 1 amide bonds. The molecule has 0 aliphatic heterocycles. The number of ether oxygens (including phenoxy) is 1. The fourth-order valence-electron chi connectivity index (χ4n) is 1.30. The molecule has 0 radical (unpaired) electrons. The molecular weight excluding hydrogens is 301 g/mol. The molecule has 2 aromatic rings. The minimum atomic E-state index is -0.380. The zero-order chi connectivity index (χ0) is 14.4. The SMILES string of the molecule is COCCSc1nnc(NC(=O)c2ccc(F)cc2)s1. The van der Waals surface area contributed by atoms with Crippen molar-refractivity contribution in [3.63, 3.8) is 0 Å². The first-order valence-electron chi connectivity index (χ1n) is 5.71. The second-order valence-corrected chi connectivity index (χ2v) is 5.99. The van der Waals surface area contributed by atoms with Gasteiger partial charge in [-0.2, -0.15) is 0 Å². The summed E-state index contributed by atoms with van der Waals surface area (Å²) in [6, 6.07) is 5.31. The van der Waals surface area contributed by atoms with E-state index < -0.39 is 0 Å². The van der Waals surface area contributed by atoms with Crippen LogP contribution in [-0.4, -0.2) is 35.6 Å². The first-order chi connectivity index (χ1) is 9.69. The normalized spacial score (nSPS) is 10.5. The van der Waals surface area contributed by atoms with Gasteiger partial charge in [0.15, 0.2) is 4.34 Å². The summed E-state index contributed by atoms with van der Waals surface area (Å²) in [4.78, 5) is 11.9. The van der Waals surface area contributed by atoms with E-state index in [1.54, 1.807) is 7.11 Å². The minimum absolute atomic E-state index is 0.338. The van der Waals surface area contributed by atoms with Gasteiger partial charge >= 0.3 is 0 Å². The molecule has 106 valence electrons. The van der Waals surface area contributed by atoms with Crippen LogP contribution in [0.15, 0.2) is 28.6 Å². The molecule has 1 N–H and O–H groups in total. The molecule has 0 atom stereocenters. The van der Waals surface area contributed by atoms with Gasteiger partial charge in [-0.25, -0.2) is 4.39 Å². The summed E-state index contributed by atoms with van der Waals surface area (Å²) >= 11 is 2.80. The Morgan fingerprint density at radius 3 is 2.85 bits per heavy atom. The standard InChI is InChI=1S/C12H12FN3O2S2/c1-18-6-7-19-12-16-15-11(20-12)14-10(17)8-2-4-9(13)5-3-8/h2-5H,6-7H2,1H3,(H,14,15,17). The highest BCUT2D eigenvalue weighted by Crippen LogP contribution is 2.25. The van der Waals surface area contributed by atoms with Gasteiger partial charge in [0.1, 0.15) is 5.82 Å². The number of anilines is 1. The number of nitrogens with one attached hydrogen (secondary N) is 1. The van der Waals surface area contributed by atoms with E-state index in [4.69, 9.17) is 4.74 Å². The lowest BCUT2D eigenvalue weighted by Crippen LogP contribution is -2.11. The van der Waals surface area contributed by atoms with Gasteiger partial charge in [-0.3, -0.25) is 10.1 Å². The summed E-state index contributed by atoms with van der Waals surface area (Å²) in [7, 11) is 1.63. The number of thioether (sulfide) groups is 1. The molecule has 1 heterocycles. The second kappa shape index (κ2) is 7.32. The maximum atomic E-state index is 12.8. The molecule has 1 aromatic carbocycles. The van der Waals surface area contributed by atoms with Gasteiger partial charge in [0, 0.05) is 18.4 Å². The van der Waals surface area contributed by atoms with Crippen LogP contribution < -0.4 is 5.32 Å². The third-order valence-electron chi connectivity index (χ3n) is 2.25. The van der Waals surface area contributed by atoms with E-state index in [0.717, 1.165) is 10.1 Å². The number of nitrogens with zero attached hydrogens (tertiary/aromatic N) is 2. The lowest BCUT2D eigenvalue weighted by Gasteiger charge is -2.00.